The highest BCUT2D eigenvalue weighted by atomic mass is 35.5. The largest absolute Gasteiger partial charge is 0.314 e. The minimum Gasteiger partial charge on any atom is -0.314 e. The van der Waals surface area contributed by atoms with Crippen LogP contribution in [0.15, 0.2) is 0 Å². The molecule has 0 bridgehead atoms. The first-order valence-corrected chi connectivity index (χ1v) is 8.48. The molecule has 1 saturated carbocycles. The van der Waals surface area contributed by atoms with Crippen molar-refractivity contribution < 1.29 is 0 Å². The molecule has 4 heteroatoms. The smallest absolute Gasteiger partial charge is 0.0849 e. The van der Waals surface area contributed by atoms with Crippen LogP contribution in [0.4, 0.5) is 0 Å². The predicted molar refractivity (Wildman–Crippen MR) is 85.3 cm³/mol. The van der Waals surface area contributed by atoms with Crippen LogP contribution in [0.25, 0.3) is 0 Å². The molecule has 1 aliphatic rings. The van der Waals surface area contributed by atoms with E-state index in [1.54, 1.807) is 0 Å². The summed E-state index contributed by atoms with van der Waals surface area (Å²) < 4.78 is 1.97. The van der Waals surface area contributed by atoms with Gasteiger partial charge in [0.2, 0.25) is 0 Å². The van der Waals surface area contributed by atoms with Crippen LogP contribution >= 0.6 is 11.6 Å². The van der Waals surface area contributed by atoms with E-state index in [1.165, 1.54) is 37.8 Å². The molecule has 2 rings (SSSR count). The van der Waals surface area contributed by atoms with Gasteiger partial charge in [-0.15, -0.1) is 0 Å². The summed E-state index contributed by atoms with van der Waals surface area (Å²) in [6.45, 7) is 5.37. The molecule has 1 fully saturated rings. The van der Waals surface area contributed by atoms with Crippen molar-refractivity contribution in [1.29, 1.82) is 0 Å². The highest BCUT2D eigenvalue weighted by Gasteiger charge is 2.25. The Balaban J connectivity index is 1.99. The molecule has 3 nitrogen and oxygen atoms in total. The lowest BCUT2D eigenvalue weighted by atomic mass is 9.93. The monoisotopic (exact) mass is 297 g/mol. The molecule has 0 aromatic carbocycles. The van der Waals surface area contributed by atoms with E-state index in [4.69, 9.17) is 11.6 Å². The number of hydrogen-bond donors (Lipinski definition) is 1. The van der Waals surface area contributed by atoms with Gasteiger partial charge in [-0.25, -0.2) is 0 Å². The van der Waals surface area contributed by atoms with Crippen molar-refractivity contribution in [2.75, 3.05) is 6.54 Å². The maximum atomic E-state index is 6.45. The number of halogens is 1. The fourth-order valence-electron chi connectivity index (χ4n) is 3.51. The lowest BCUT2D eigenvalue weighted by Crippen LogP contribution is -2.35. The van der Waals surface area contributed by atoms with Gasteiger partial charge in [-0.1, -0.05) is 38.3 Å². The third-order valence-corrected chi connectivity index (χ3v) is 5.07. The molecule has 1 aromatic rings. The molecule has 0 saturated heterocycles. The quantitative estimate of drug-likeness (QED) is 0.831. The second-order valence-electron chi connectivity index (χ2n) is 5.93. The number of rotatable bonds is 7. The van der Waals surface area contributed by atoms with Crippen molar-refractivity contribution in [3.63, 3.8) is 0 Å². The molecule has 0 aliphatic heterocycles. The van der Waals surface area contributed by atoms with Crippen molar-refractivity contribution in [1.82, 2.24) is 15.1 Å². The van der Waals surface area contributed by atoms with E-state index in [9.17, 15) is 0 Å². The van der Waals surface area contributed by atoms with E-state index in [0.717, 1.165) is 36.0 Å². The van der Waals surface area contributed by atoms with Crippen molar-refractivity contribution in [2.24, 2.45) is 13.0 Å². The van der Waals surface area contributed by atoms with Crippen molar-refractivity contribution in [3.8, 4) is 0 Å². The molecule has 114 valence electrons. The number of hydrogen-bond acceptors (Lipinski definition) is 2. The Bertz CT molecular complexity index is 422. The summed E-state index contributed by atoms with van der Waals surface area (Å²) in [5.41, 5.74) is 2.23. The molecule has 0 radical (unpaired) electrons. The maximum absolute atomic E-state index is 6.45. The molecule has 1 unspecified atom stereocenters. The van der Waals surface area contributed by atoms with Gasteiger partial charge in [-0.2, -0.15) is 5.10 Å². The summed E-state index contributed by atoms with van der Waals surface area (Å²) in [5, 5.41) is 9.08. The molecule has 0 amide bonds. The molecule has 1 N–H and O–H groups in total. The first-order valence-electron chi connectivity index (χ1n) is 8.11. The normalized spacial score (nSPS) is 17.8. The van der Waals surface area contributed by atoms with E-state index in [-0.39, 0.29) is 0 Å². The van der Waals surface area contributed by atoms with Gasteiger partial charge in [0.1, 0.15) is 0 Å². The Morgan fingerprint density at radius 3 is 2.60 bits per heavy atom. The number of aromatic nitrogens is 2. The third-order valence-electron chi connectivity index (χ3n) is 4.63. The summed E-state index contributed by atoms with van der Waals surface area (Å²) in [6.07, 6.45) is 8.68. The zero-order chi connectivity index (χ0) is 14.5. The Morgan fingerprint density at radius 2 is 2.05 bits per heavy atom. The first kappa shape index (κ1) is 15.8. The Kier molecular flexibility index (Phi) is 5.91. The SMILES string of the molecule is CCNC(CCc1c(Cl)c(CC)nn1C)C1CCCC1. The zero-order valence-electron chi connectivity index (χ0n) is 13.1. The van der Waals surface area contributed by atoms with Gasteiger partial charge in [0, 0.05) is 13.1 Å². The van der Waals surface area contributed by atoms with Gasteiger partial charge in [0.05, 0.1) is 16.4 Å². The van der Waals surface area contributed by atoms with E-state index < -0.39 is 0 Å². The lowest BCUT2D eigenvalue weighted by Gasteiger charge is -2.24. The van der Waals surface area contributed by atoms with Gasteiger partial charge >= 0.3 is 0 Å². The van der Waals surface area contributed by atoms with E-state index in [1.807, 2.05) is 11.7 Å². The van der Waals surface area contributed by atoms with Crippen LogP contribution in [0.1, 0.15) is 57.3 Å². The molecule has 1 aliphatic carbocycles. The molecular formula is C16H28ClN3. The van der Waals surface area contributed by atoms with E-state index >= 15 is 0 Å². The highest BCUT2D eigenvalue weighted by Crippen LogP contribution is 2.30. The van der Waals surface area contributed by atoms with Crippen LogP contribution in [0.3, 0.4) is 0 Å². The fourth-order valence-corrected chi connectivity index (χ4v) is 3.90. The fraction of sp³-hybridized carbons (Fsp3) is 0.812. The van der Waals surface area contributed by atoms with Gasteiger partial charge in [0.25, 0.3) is 0 Å². The molecule has 1 aromatic heterocycles. The van der Waals surface area contributed by atoms with Crippen molar-refractivity contribution in [2.45, 2.75) is 64.8 Å². The Morgan fingerprint density at radius 1 is 1.35 bits per heavy atom. The Hall–Kier alpha value is -0.540. The standard InChI is InChI=1S/C16H28ClN3/c1-4-13-16(17)15(20(3)19-13)11-10-14(18-5-2)12-8-6-7-9-12/h12,14,18H,4-11H2,1-3H3. The topological polar surface area (TPSA) is 29.9 Å². The van der Waals surface area contributed by atoms with Crippen LogP contribution in [0, 0.1) is 5.92 Å². The van der Waals surface area contributed by atoms with Crippen LogP contribution < -0.4 is 5.32 Å². The summed E-state index contributed by atoms with van der Waals surface area (Å²) in [6, 6.07) is 0.638. The number of nitrogens with zero attached hydrogens (tertiary/aromatic N) is 2. The minimum atomic E-state index is 0.638. The number of nitrogens with one attached hydrogen (secondary N) is 1. The van der Waals surface area contributed by atoms with Gasteiger partial charge in [-0.05, 0) is 44.6 Å². The summed E-state index contributed by atoms with van der Waals surface area (Å²) in [7, 11) is 2.01. The second kappa shape index (κ2) is 7.46. The summed E-state index contributed by atoms with van der Waals surface area (Å²) >= 11 is 6.45. The first-order chi connectivity index (χ1) is 9.67. The molecular weight excluding hydrogens is 270 g/mol. The molecule has 1 heterocycles. The zero-order valence-corrected chi connectivity index (χ0v) is 13.8. The average molecular weight is 298 g/mol. The van der Waals surface area contributed by atoms with Crippen LogP contribution in [0.5, 0.6) is 0 Å². The highest BCUT2D eigenvalue weighted by molar-refractivity contribution is 6.31. The molecule has 20 heavy (non-hydrogen) atoms. The van der Waals surface area contributed by atoms with Gasteiger partial charge in [0.15, 0.2) is 0 Å². The molecule has 0 spiro atoms. The van der Waals surface area contributed by atoms with Gasteiger partial charge < -0.3 is 5.32 Å². The van der Waals surface area contributed by atoms with Crippen molar-refractivity contribution >= 4 is 11.6 Å². The van der Waals surface area contributed by atoms with E-state index in [0.29, 0.717) is 6.04 Å². The minimum absolute atomic E-state index is 0.638. The summed E-state index contributed by atoms with van der Waals surface area (Å²) in [5.74, 6) is 0.854. The van der Waals surface area contributed by atoms with Gasteiger partial charge in [-0.3, -0.25) is 4.68 Å². The van der Waals surface area contributed by atoms with Crippen LogP contribution in [-0.2, 0) is 19.9 Å². The van der Waals surface area contributed by atoms with Crippen LogP contribution in [0.2, 0.25) is 5.02 Å². The molecule has 1 atom stereocenters. The third kappa shape index (κ3) is 3.56. The predicted octanol–water partition coefficient (Wildman–Crippen LogP) is 3.74. The van der Waals surface area contributed by atoms with Crippen molar-refractivity contribution in [3.05, 3.63) is 16.4 Å². The number of aryl methyl sites for hydroxylation is 2. The van der Waals surface area contributed by atoms with E-state index in [2.05, 4.69) is 24.3 Å². The second-order valence-corrected chi connectivity index (χ2v) is 6.31. The van der Waals surface area contributed by atoms with Crippen LogP contribution in [-0.4, -0.2) is 22.4 Å². The summed E-state index contributed by atoms with van der Waals surface area (Å²) in [4.78, 5) is 0. The lowest BCUT2D eigenvalue weighted by molar-refractivity contribution is 0.344. The maximum Gasteiger partial charge on any atom is 0.0849 e. The average Bonchev–Trinajstić information content (AvgIpc) is 3.05. The Labute approximate surface area is 128 Å².